The van der Waals surface area contributed by atoms with Crippen molar-refractivity contribution in [3.63, 3.8) is 0 Å². The van der Waals surface area contributed by atoms with Gasteiger partial charge < -0.3 is 19.9 Å². The van der Waals surface area contributed by atoms with E-state index >= 15 is 0 Å². The number of nitro groups is 1. The van der Waals surface area contributed by atoms with Crippen LogP contribution in [0, 0.1) is 10.1 Å². The summed E-state index contributed by atoms with van der Waals surface area (Å²) in [7, 11) is 1.57. The van der Waals surface area contributed by atoms with Crippen molar-refractivity contribution in [1.82, 2.24) is 14.9 Å². The molecular weight excluding hydrogens is 364 g/mol. The van der Waals surface area contributed by atoms with E-state index in [-0.39, 0.29) is 23.9 Å². The number of aromatic nitrogens is 2. The highest BCUT2D eigenvalue weighted by Crippen LogP contribution is 2.31. The molecule has 28 heavy (non-hydrogen) atoms. The number of carbonyl (C=O) groups is 1. The number of hydrogen-bond acceptors (Lipinski definition) is 9. The molecule has 0 unspecified atom stereocenters. The summed E-state index contributed by atoms with van der Waals surface area (Å²) in [6, 6.07) is 0. The van der Waals surface area contributed by atoms with E-state index in [4.69, 9.17) is 4.74 Å². The quantitative estimate of drug-likeness (QED) is 0.291. The first-order valence-corrected chi connectivity index (χ1v) is 9.56. The summed E-state index contributed by atoms with van der Waals surface area (Å²) < 4.78 is 5.27. The lowest BCUT2D eigenvalue weighted by Crippen LogP contribution is -2.33. The van der Waals surface area contributed by atoms with E-state index in [1.807, 2.05) is 0 Å². The average molecular weight is 394 g/mol. The smallest absolute Gasteiger partial charge is 0.353 e. The molecule has 1 aromatic heterocycles. The zero-order valence-electron chi connectivity index (χ0n) is 17.1. The largest absolute Gasteiger partial charge is 0.459 e. The Morgan fingerprint density at radius 3 is 2.64 bits per heavy atom. The Hall–Kier alpha value is -2.49. The molecule has 1 fully saturated rings. The second-order valence-electron chi connectivity index (χ2n) is 7.92. The first-order valence-electron chi connectivity index (χ1n) is 9.56. The van der Waals surface area contributed by atoms with Crippen molar-refractivity contribution >= 4 is 23.3 Å². The molecule has 1 aliphatic heterocycles. The fourth-order valence-corrected chi connectivity index (χ4v) is 3.10. The van der Waals surface area contributed by atoms with E-state index in [1.165, 1.54) is 24.1 Å². The van der Waals surface area contributed by atoms with Crippen LogP contribution in [0.5, 0.6) is 0 Å². The number of hydrogen-bond donors (Lipinski definition) is 1. The van der Waals surface area contributed by atoms with Gasteiger partial charge in [-0.3, -0.25) is 14.9 Å². The second kappa shape index (κ2) is 9.63. The van der Waals surface area contributed by atoms with Crippen LogP contribution in [0.25, 0.3) is 0 Å². The number of carbonyl (C=O) groups excluding carboxylic acids is 1. The third kappa shape index (κ3) is 6.59. The molecule has 2 heterocycles. The van der Waals surface area contributed by atoms with Crippen LogP contribution in [-0.2, 0) is 9.53 Å². The van der Waals surface area contributed by atoms with Gasteiger partial charge in [0.05, 0.1) is 4.92 Å². The summed E-state index contributed by atoms with van der Waals surface area (Å²) in [5, 5.41) is 14.7. The van der Waals surface area contributed by atoms with Gasteiger partial charge in [-0.2, -0.15) is 0 Å². The summed E-state index contributed by atoms with van der Waals surface area (Å²) in [5.74, 6) is -0.247. The van der Waals surface area contributed by atoms with Crippen LogP contribution in [-0.4, -0.2) is 71.1 Å². The molecular formula is C18H30N6O4. The van der Waals surface area contributed by atoms with Crippen molar-refractivity contribution in [2.45, 2.75) is 45.6 Å². The number of likely N-dealkylation sites (tertiary alicyclic amines) is 1. The third-order valence-electron chi connectivity index (χ3n) is 4.28. The van der Waals surface area contributed by atoms with Crippen LogP contribution >= 0.6 is 0 Å². The number of likely N-dealkylation sites (N-methyl/N-ethyl adjacent to an activating group) is 1. The van der Waals surface area contributed by atoms with Crippen LogP contribution in [0.1, 0.15) is 40.0 Å². The number of ether oxygens (including phenoxy) is 1. The summed E-state index contributed by atoms with van der Waals surface area (Å²) in [6.45, 7) is 8.91. The highest BCUT2D eigenvalue weighted by Gasteiger charge is 2.27. The molecule has 0 bridgehead atoms. The van der Waals surface area contributed by atoms with Crippen LogP contribution in [0.15, 0.2) is 6.33 Å². The topological polar surface area (TPSA) is 114 Å². The molecule has 2 rings (SSSR count). The van der Waals surface area contributed by atoms with Gasteiger partial charge in [-0.15, -0.1) is 0 Å². The lowest BCUT2D eigenvalue weighted by Gasteiger charge is -2.23. The molecule has 0 saturated carbocycles. The minimum absolute atomic E-state index is 0.0768. The monoisotopic (exact) mass is 394 g/mol. The first kappa shape index (κ1) is 21.8. The van der Waals surface area contributed by atoms with Crippen molar-refractivity contribution in [3.8, 4) is 0 Å². The van der Waals surface area contributed by atoms with Crippen LogP contribution in [0.2, 0.25) is 0 Å². The molecule has 10 nitrogen and oxygen atoms in total. The molecule has 1 saturated heterocycles. The molecule has 0 aliphatic carbocycles. The van der Waals surface area contributed by atoms with E-state index in [2.05, 4.69) is 20.2 Å². The molecule has 0 aromatic carbocycles. The summed E-state index contributed by atoms with van der Waals surface area (Å²) in [4.78, 5) is 35.0. The standard InChI is InChI=1S/C18H30N6O4/c1-18(2,3)28-14(25)12-22(4)17-15(24(26)27)16(20-13-21-17)19-8-7-11-23-9-5-6-10-23/h13H,5-12H2,1-4H3,(H,19,20,21). The molecule has 1 aliphatic rings. The van der Waals surface area contributed by atoms with Crippen molar-refractivity contribution in [3.05, 3.63) is 16.4 Å². The maximum atomic E-state index is 12.0. The van der Waals surface area contributed by atoms with Gasteiger partial charge in [-0.05, 0) is 59.7 Å². The fraction of sp³-hybridized carbons (Fsp3) is 0.722. The maximum absolute atomic E-state index is 12.0. The van der Waals surface area contributed by atoms with E-state index in [9.17, 15) is 14.9 Å². The van der Waals surface area contributed by atoms with Gasteiger partial charge in [0, 0.05) is 13.6 Å². The number of anilines is 2. The van der Waals surface area contributed by atoms with E-state index < -0.39 is 16.5 Å². The van der Waals surface area contributed by atoms with Crippen LogP contribution in [0.3, 0.4) is 0 Å². The molecule has 1 N–H and O–H groups in total. The number of esters is 1. The zero-order chi connectivity index (χ0) is 20.7. The normalized spacial score (nSPS) is 14.7. The van der Waals surface area contributed by atoms with Gasteiger partial charge in [-0.1, -0.05) is 0 Å². The molecule has 0 radical (unpaired) electrons. The Labute approximate surface area is 165 Å². The van der Waals surface area contributed by atoms with Crippen LogP contribution < -0.4 is 10.2 Å². The van der Waals surface area contributed by atoms with Crippen molar-refractivity contribution in [2.75, 3.05) is 50.0 Å². The molecule has 1 aromatic rings. The fourth-order valence-electron chi connectivity index (χ4n) is 3.10. The van der Waals surface area contributed by atoms with Gasteiger partial charge in [0.2, 0.25) is 11.6 Å². The average Bonchev–Trinajstić information content (AvgIpc) is 3.09. The van der Waals surface area contributed by atoms with Gasteiger partial charge in [0.1, 0.15) is 18.5 Å². The first-order chi connectivity index (χ1) is 13.2. The summed E-state index contributed by atoms with van der Waals surface area (Å²) >= 11 is 0. The van der Waals surface area contributed by atoms with Crippen molar-refractivity contribution in [2.24, 2.45) is 0 Å². The SMILES string of the molecule is CN(CC(=O)OC(C)(C)C)c1ncnc(NCCCN2CCCC2)c1[N+](=O)[O-]. The Bertz CT molecular complexity index is 685. The zero-order valence-corrected chi connectivity index (χ0v) is 17.1. The number of nitrogens with zero attached hydrogens (tertiary/aromatic N) is 5. The predicted octanol–water partition coefficient (Wildman–Crippen LogP) is 2.06. The lowest BCUT2D eigenvalue weighted by atomic mass is 10.2. The highest BCUT2D eigenvalue weighted by atomic mass is 16.6. The van der Waals surface area contributed by atoms with Crippen molar-refractivity contribution in [1.29, 1.82) is 0 Å². The summed E-state index contributed by atoms with van der Waals surface area (Å²) in [5.41, 5.74) is -0.868. The summed E-state index contributed by atoms with van der Waals surface area (Å²) in [6.07, 6.45) is 4.59. The predicted molar refractivity (Wildman–Crippen MR) is 107 cm³/mol. The van der Waals surface area contributed by atoms with Crippen molar-refractivity contribution < 1.29 is 14.5 Å². The van der Waals surface area contributed by atoms with E-state index in [0.29, 0.717) is 6.54 Å². The molecule has 0 spiro atoms. The van der Waals surface area contributed by atoms with Gasteiger partial charge in [-0.25, -0.2) is 9.97 Å². The van der Waals surface area contributed by atoms with Gasteiger partial charge in [0.15, 0.2) is 0 Å². The Kier molecular flexibility index (Phi) is 7.50. The second-order valence-corrected chi connectivity index (χ2v) is 7.92. The lowest BCUT2D eigenvalue weighted by molar-refractivity contribution is -0.383. The Morgan fingerprint density at radius 1 is 1.36 bits per heavy atom. The number of nitrogens with one attached hydrogen (secondary N) is 1. The Balaban J connectivity index is 2.02. The molecule has 0 amide bonds. The third-order valence-corrected chi connectivity index (χ3v) is 4.28. The molecule has 10 heteroatoms. The molecule has 156 valence electrons. The van der Waals surface area contributed by atoms with Gasteiger partial charge >= 0.3 is 11.7 Å². The van der Waals surface area contributed by atoms with E-state index in [0.717, 1.165) is 26.1 Å². The highest BCUT2D eigenvalue weighted by molar-refractivity contribution is 5.78. The van der Waals surface area contributed by atoms with Crippen LogP contribution in [0.4, 0.5) is 17.3 Å². The minimum Gasteiger partial charge on any atom is -0.459 e. The maximum Gasteiger partial charge on any atom is 0.353 e. The molecule has 0 atom stereocenters. The number of rotatable bonds is 9. The van der Waals surface area contributed by atoms with Gasteiger partial charge in [0.25, 0.3) is 0 Å². The minimum atomic E-state index is -0.627. The Morgan fingerprint density at radius 2 is 2.04 bits per heavy atom. The van der Waals surface area contributed by atoms with E-state index in [1.54, 1.807) is 27.8 Å².